The van der Waals surface area contributed by atoms with Crippen molar-refractivity contribution in [3.05, 3.63) is 29.8 Å². The Morgan fingerprint density at radius 1 is 1.15 bits per heavy atom. The summed E-state index contributed by atoms with van der Waals surface area (Å²) in [6.07, 6.45) is 5.19. The molecule has 5 heteroatoms. The lowest BCUT2D eigenvalue weighted by Crippen LogP contribution is -2.37. The summed E-state index contributed by atoms with van der Waals surface area (Å²) in [5, 5.41) is 3.02. The van der Waals surface area contributed by atoms with E-state index in [1.165, 1.54) is 0 Å². The van der Waals surface area contributed by atoms with E-state index in [2.05, 4.69) is 5.32 Å². The fourth-order valence-corrected chi connectivity index (χ4v) is 4.25. The number of amides is 2. The lowest BCUT2D eigenvalue weighted by atomic mass is 9.88. The molecule has 2 atom stereocenters. The maximum atomic E-state index is 12.9. The highest BCUT2D eigenvalue weighted by Gasteiger charge is 2.42. The summed E-state index contributed by atoms with van der Waals surface area (Å²) in [5.41, 5.74) is 1.10. The molecule has 0 aromatic heterocycles. The number of hydrogen-bond donors (Lipinski definition) is 1. The molecule has 2 aliphatic rings. The molecule has 0 radical (unpaired) electrons. The van der Waals surface area contributed by atoms with E-state index in [4.69, 9.17) is 4.74 Å². The van der Waals surface area contributed by atoms with E-state index < -0.39 is 0 Å². The van der Waals surface area contributed by atoms with Crippen LogP contribution in [0.25, 0.3) is 0 Å². The number of nitrogens with zero attached hydrogens (tertiary/aromatic N) is 1. The average Bonchev–Trinajstić information content (AvgIpc) is 3.35. The van der Waals surface area contributed by atoms with Crippen molar-refractivity contribution < 1.29 is 14.3 Å². The fraction of sp³-hybridized carbons (Fsp3) is 0.619. The van der Waals surface area contributed by atoms with E-state index in [1.807, 2.05) is 36.1 Å². The van der Waals surface area contributed by atoms with Gasteiger partial charge in [0, 0.05) is 31.5 Å². The molecule has 3 rings (SSSR count). The van der Waals surface area contributed by atoms with Crippen LogP contribution in [0.1, 0.15) is 50.5 Å². The van der Waals surface area contributed by atoms with Crippen molar-refractivity contribution >= 4 is 11.8 Å². The molecule has 142 valence electrons. The standard InChI is InChI=1S/C21H30N2O3/c1-3-12-22-20(24)19-14-23(21(25)16-6-4-5-7-16)13-18(19)15-8-10-17(26-2)11-9-15/h8-11,16,18-19H,3-7,12-14H2,1-2H3,(H,22,24)/t18-,19+/m1/s1. The summed E-state index contributed by atoms with van der Waals surface area (Å²) in [6, 6.07) is 7.90. The van der Waals surface area contributed by atoms with Crippen LogP contribution in [0.5, 0.6) is 5.75 Å². The molecule has 1 heterocycles. The van der Waals surface area contributed by atoms with Gasteiger partial charge in [-0.15, -0.1) is 0 Å². The van der Waals surface area contributed by atoms with Crippen LogP contribution >= 0.6 is 0 Å². The number of hydrogen-bond acceptors (Lipinski definition) is 3. The molecule has 0 bridgehead atoms. The summed E-state index contributed by atoms with van der Waals surface area (Å²) in [6.45, 7) is 3.89. The predicted octanol–water partition coefficient (Wildman–Crippen LogP) is 2.95. The molecule has 0 spiro atoms. The van der Waals surface area contributed by atoms with Gasteiger partial charge in [-0.1, -0.05) is 31.9 Å². The van der Waals surface area contributed by atoms with Crippen LogP contribution in [0, 0.1) is 11.8 Å². The third-order valence-corrected chi connectivity index (χ3v) is 5.77. The van der Waals surface area contributed by atoms with Gasteiger partial charge in [-0.25, -0.2) is 0 Å². The number of methoxy groups -OCH3 is 1. The Morgan fingerprint density at radius 2 is 1.85 bits per heavy atom. The zero-order valence-electron chi connectivity index (χ0n) is 15.9. The number of carbonyl (C=O) groups excluding carboxylic acids is 2. The number of nitrogens with one attached hydrogen (secondary N) is 1. The van der Waals surface area contributed by atoms with Gasteiger partial charge in [0.05, 0.1) is 13.0 Å². The maximum Gasteiger partial charge on any atom is 0.225 e. The molecule has 2 amide bonds. The summed E-state index contributed by atoms with van der Waals surface area (Å²) < 4.78 is 5.24. The van der Waals surface area contributed by atoms with Gasteiger partial charge in [0.1, 0.15) is 5.75 Å². The van der Waals surface area contributed by atoms with E-state index in [0.717, 1.165) is 43.4 Å². The highest BCUT2D eigenvalue weighted by molar-refractivity contribution is 5.84. The number of carbonyl (C=O) groups is 2. The van der Waals surface area contributed by atoms with Crippen molar-refractivity contribution in [3.63, 3.8) is 0 Å². The lowest BCUT2D eigenvalue weighted by Gasteiger charge is -2.20. The van der Waals surface area contributed by atoms with Crippen molar-refractivity contribution in [2.45, 2.75) is 44.9 Å². The van der Waals surface area contributed by atoms with Crippen LogP contribution in [-0.4, -0.2) is 43.5 Å². The molecular formula is C21H30N2O3. The van der Waals surface area contributed by atoms with Crippen molar-refractivity contribution in [1.82, 2.24) is 10.2 Å². The lowest BCUT2D eigenvalue weighted by molar-refractivity contribution is -0.134. The van der Waals surface area contributed by atoms with Crippen LogP contribution < -0.4 is 10.1 Å². The fourth-order valence-electron chi connectivity index (χ4n) is 4.25. The molecule has 26 heavy (non-hydrogen) atoms. The Bertz CT molecular complexity index is 623. The van der Waals surface area contributed by atoms with E-state index in [1.54, 1.807) is 7.11 Å². The van der Waals surface area contributed by atoms with E-state index in [-0.39, 0.29) is 29.6 Å². The summed E-state index contributed by atoms with van der Waals surface area (Å²) in [4.78, 5) is 27.5. The van der Waals surface area contributed by atoms with Gasteiger partial charge in [-0.3, -0.25) is 9.59 Å². The number of ether oxygens (including phenoxy) is 1. The molecule has 1 aromatic rings. The first-order valence-corrected chi connectivity index (χ1v) is 9.84. The quantitative estimate of drug-likeness (QED) is 0.850. The molecule has 2 fully saturated rings. The van der Waals surface area contributed by atoms with E-state index >= 15 is 0 Å². The largest absolute Gasteiger partial charge is 0.497 e. The second-order valence-corrected chi connectivity index (χ2v) is 7.50. The zero-order chi connectivity index (χ0) is 18.5. The van der Waals surface area contributed by atoms with Crippen molar-refractivity contribution in [2.24, 2.45) is 11.8 Å². The highest BCUT2D eigenvalue weighted by Crippen LogP contribution is 2.36. The van der Waals surface area contributed by atoms with Crippen molar-refractivity contribution in [1.29, 1.82) is 0 Å². The second-order valence-electron chi connectivity index (χ2n) is 7.50. The SMILES string of the molecule is CCCNC(=O)[C@H]1CN(C(=O)C2CCCC2)C[C@@H]1c1ccc(OC)cc1. The topological polar surface area (TPSA) is 58.6 Å². The van der Waals surface area contributed by atoms with E-state index in [9.17, 15) is 9.59 Å². The third kappa shape index (κ3) is 4.02. The molecule has 1 aliphatic heterocycles. The first-order valence-electron chi connectivity index (χ1n) is 9.84. The van der Waals surface area contributed by atoms with Crippen molar-refractivity contribution in [2.75, 3.05) is 26.7 Å². The second kappa shape index (κ2) is 8.56. The van der Waals surface area contributed by atoms with Gasteiger partial charge >= 0.3 is 0 Å². The van der Waals surface area contributed by atoms with Crippen LogP contribution in [0.4, 0.5) is 0 Å². The third-order valence-electron chi connectivity index (χ3n) is 5.77. The van der Waals surface area contributed by atoms with Crippen LogP contribution in [-0.2, 0) is 9.59 Å². The van der Waals surface area contributed by atoms with Crippen LogP contribution in [0.2, 0.25) is 0 Å². The van der Waals surface area contributed by atoms with Gasteiger partial charge < -0.3 is 15.0 Å². The maximum absolute atomic E-state index is 12.9. The predicted molar refractivity (Wildman–Crippen MR) is 101 cm³/mol. The molecular weight excluding hydrogens is 328 g/mol. The number of likely N-dealkylation sites (tertiary alicyclic amines) is 1. The van der Waals surface area contributed by atoms with Gasteiger partial charge in [-0.05, 0) is 37.0 Å². The molecule has 5 nitrogen and oxygen atoms in total. The Morgan fingerprint density at radius 3 is 2.46 bits per heavy atom. The van der Waals surface area contributed by atoms with Crippen molar-refractivity contribution in [3.8, 4) is 5.75 Å². The number of rotatable bonds is 6. The van der Waals surface area contributed by atoms with Gasteiger partial charge in [0.15, 0.2) is 0 Å². The summed E-state index contributed by atoms with van der Waals surface area (Å²) in [5.74, 6) is 1.13. The monoisotopic (exact) mass is 358 g/mol. The smallest absolute Gasteiger partial charge is 0.225 e. The Kier molecular flexibility index (Phi) is 6.17. The van der Waals surface area contributed by atoms with Gasteiger partial charge in [-0.2, -0.15) is 0 Å². The van der Waals surface area contributed by atoms with E-state index in [0.29, 0.717) is 19.6 Å². The minimum absolute atomic E-state index is 0.0446. The first kappa shape index (κ1) is 18.7. The average molecular weight is 358 g/mol. The normalized spacial score (nSPS) is 23.2. The first-order chi connectivity index (χ1) is 12.6. The Hall–Kier alpha value is -2.04. The Balaban J connectivity index is 1.77. The molecule has 1 saturated carbocycles. The molecule has 1 aromatic carbocycles. The van der Waals surface area contributed by atoms with Crippen LogP contribution in [0.15, 0.2) is 24.3 Å². The highest BCUT2D eigenvalue weighted by atomic mass is 16.5. The molecule has 1 aliphatic carbocycles. The Labute approximate surface area is 156 Å². The van der Waals surface area contributed by atoms with Gasteiger partial charge in [0.2, 0.25) is 11.8 Å². The van der Waals surface area contributed by atoms with Crippen LogP contribution in [0.3, 0.4) is 0 Å². The minimum atomic E-state index is -0.180. The molecule has 1 N–H and O–H groups in total. The minimum Gasteiger partial charge on any atom is -0.497 e. The zero-order valence-corrected chi connectivity index (χ0v) is 15.9. The van der Waals surface area contributed by atoms with Gasteiger partial charge in [0.25, 0.3) is 0 Å². The molecule has 1 saturated heterocycles. The summed E-state index contributed by atoms with van der Waals surface area (Å²) in [7, 11) is 1.65. The molecule has 0 unspecified atom stereocenters. The summed E-state index contributed by atoms with van der Waals surface area (Å²) >= 11 is 0. The number of benzene rings is 1.